The van der Waals surface area contributed by atoms with E-state index in [1.54, 1.807) is 0 Å². The molecule has 2 amide bonds. The van der Waals surface area contributed by atoms with Crippen LogP contribution in [0.3, 0.4) is 0 Å². The molecule has 0 spiro atoms. The molecule has 2 heterocycles. The van der Waals surface area contributed by atoms with Gasteiger partial charge in [-0.25, -0.2) is 4.68 Å². The Morgan fingerprint density at radius 2 is 2.00 bits per heavy atom. The normalized spacial score (nSPS) is 16.0. The van der Waals surface area contributed by atoms with Crippen LogP contribution in [0.15, 0.2) is 60.7 Å². The summed E-state index contributed by atoms with van der Waals surface area (Å²) in [5.41, 5.74) is 4.09. The number of para-hydroxylation sites is 1. The predicted octanol–water partition coefficient (Wildman–Crippen LogP) is 3.18. The monoisotopic (exact) mass is 374 g/mol. The Morgan fingerprint density at radius 1 is 1.18 bits per heavy atom. The van der Waals surface area contributed by atoms with E-state index >= 15 is 0 Å². The first-order valence-electron chi connectivity index (χ1n) is 9.46. The second-order valence-electron chi connectivity index (χ2n) is 6.91. The van der Waals surface area contributed by atoms with Gasteiger partial charge in [0.05, 0.1) is 17.3 Å². The Balaban J connectivity index is 1.70. The van der Waals surface area contributed by atoms with Crippen LogP contribution in [0.4, 0.5) is 5.82 Å². The van der Waals surface area contributed by atoms with Crippen LogP contribution in [0.1, 0.15) is 18.9 Å². The Morgan fingerprint density at radius 3 is 2.71 bits per heavy atom. The molecule has 142 valence electrons. The van der Waals surface area contributed by atoms with Gasteiger partial charge in [0, 0.05) is 24.6 Å². The van der Waals surface area contributed by atoms with E-state index in [4.69, 9.17) is 0 Å². The predicted molar refractivity (Wildman–Crippen MR) is 108 cm³/mol. The molecule has 6 nitrogen and oxygen atoms in total. The minimum Gasteiger partial charge on any atom is -0.355 e. The number of nitrogens with one attached hydrogen (secondary N) is 2. The minimum absolute atomic E-state index is 0.0907. The van der Waals surface area contributed by atoms with Crippen molar-refractivity contribution in [2.45, 2.75) is 19.8 Å². The number of benzene rings is 2. The molecule has 1 saturated heterocycles. The van der Waals surface area contributed by atoms with Gasteiger partial charge < -0.3 is 10.6 Å². The van der Waals surface area contributed by atoms with Crippen molar-refractivity contribution in [3.05, 3.63) is 66.2 Å². The first-order valence-corrected chi connectivity index (χ1v) is 9.46. The highest BCUT2D eigenvalue weighted by molar-refractivity contribution is 5.97. The highest BCUT2D eigenvalue weighted by atomic mass is 16.2. The average molecular weight is 374 g/mol. The summed E-state index contributed by atoms with van der Waals surface area (Å²) in [7, 11) is 0. The molecular formula is C22H22N4O2. The summed E-state index contributed by atoms with van der Waals surface area (Å²) in [6.07, 6.45) is 1.16. The van der Waals surface area contributed by atoms with Gasteiger partial charge in [0.1, 0.15) is 0 Å². The molecule has 1 atom stereocenters. The summed E-state index contributed by atoms with van der Waals surface area (Å²) < 4.78 is 1.84. The van der Waals surface area contributed by atoms with Gasteiger partial charge in [0.2, 0.25) is 11.8 Å². The van der Waals surface area contributed by atoms with Crippen LogP contribution in [-0.4, -0.2) is 28.1 Å². The number of amides is 2. The van der Waals surface area contributed by atoms with Crippen molar-refractivity contribution in [1.82, 2.24) is 15.1 Å². The Kier molecular flexibility index (Phi) is 4.93. The van der Waals surface area contributed by atoms with Crippen LogP contribution in [0.5, 0.6) is 0 Å². The fourth-order valence-corrected chi connectivity index (χ4v) is 3.38. The van der Waals surface area contributed by atoms with E-state index < -0.39 is 0 Å². The summed E-state index contributed by atoms with van der Waals surface area (Å²) in [5, 5.41) is 10.2. The molecule has 0 unspecified atom stereocenters. The molecule has 2 N–H and O–H groups in total. The highest BCUT2D eigenvalue weighted by Gasteiger charge is 2.28. The number of hydrogen-bond acceptors (Lipinski definition) is 3. The molecule has 0 bridgehead atoms. The maximum atomic E-state index is 12.5. The lowest BCUT2D eigenvalue weighted by molar-refractivity contribution is -0.123. The van der Waals surface area contributed by atoms with Crippen molar-refractivity contribution in [3.63, 3.8) is 0 Å². The molecule has 1 aliphatic heterocycles. The third kappa shape index (κ3) is 3.67. The van der Waals surface area contributed by atoms with Crippen LogP contribution >= 0.6 is 0 Å². The van der Waals surface area contributed by atoms with E-state index in [0.717, 1.165) is 23.4 Å². The number of anilines is 1. The van der Waals surface area contributed by atoms with Crippen molar-refractivity contribution in [2.24, 2.45) is 5.92 Å². The third-order valence-corrected chi connectivity index (χ3v) is 4.94. The first kappa shape index (κ1) is 18.0. The van der Waals surface area contributed by atoms with Crippen molar-refractivity contribution in [3.8, 4) is 16.9 Å². The number of nitrogens with zero attached hydrogens (tertiary/aromatic N) is 2. The lowest BCUT2D eigenvalue weighted by Gasteiger charge is -2.08. The smallest absolute Gasteiger partial charge is 0.230 e. The molecule has 6 heteroatoms. The van der Waals surface area contributed by atoms with E-state index in [9.17, 15) is 9.59 Å². The van der Waals surface area contributed by atoms with Gasteiger partial charge in [-0.3, -0.25) is 9.59 Å². The third-order valence-electron chi connectivity index (χ3n) is 4.94. The summed E-state index contributed by atoms with van der Waals surface area (Å²) >= 11 is 0. The maximum absolute atomic E-state index is 12.5. The average Bonchev–Trinajstić information content (AvgIpc) is 3.35. The van der Waals surface area contributed by atoms with E-state index in [0.29, 0.717) is 12.4 Å². The molecule has 0 radical (unpaired) electrons. The maximum Gasteiger partial charge on any atom is 0.230 e. The number of carbonyl (C=O) groups is 2. The lowest BCUT2D eigenvalue weighted by atomic mass is 10.1. The summed E-state index contributed by atoms with van der Waals surface area (Å²) in [6.45, 7) is 2.49. The van der Waals surface area contributed by atoms with Gasteiger partial charge in [-0.2, -0.15) is 0 Å². The molecule has 28 heavy (non-hydrogen) atoms. The topological polar surface area (TPSA) is 76.0 Å². The fraction of sp³-hybridized carbons (Fsp3) is 0.227. The standard InChI is InChI=1S/C22H22N4O2/c1-2-15-7-6-8-16(11-15)19-13-20(24-22(28)17-12-21(27)23-14-17)25-26(19)18-9-4-3-5-10-18/h3-11,13,17H,2,12,14H2,1H3,(H,23,27)(H,24,25,28)/t17-/m1/s1. The molecule has 3 aromatic rings. The summed E-state index contributed by atoms with van der Waals surface area (Å²) in [6, 6.07) is 20.0. The fourth-order valence-electron chi connectivity index (χ4n) is 3.38. The second kappa shape index (κ2) is 7.68. The zero-order valence-electron chi connectivity index (χ0n) is 15.7. The van der Waals surface area contributed by atoms with E-state index in [1.807, 2.05) is 53.2 Å². The minimum atomic E-state index is -0.360. The summed E-state index contributed by atoms with van der Waals surface area (Å²) in [4.78, 5) is 23.9. The summed E-state index contributed by atoms with van der Waals surface area (Å²) in [5.74, 6) is -0.164. The quantitative estimate of drug-likeness (QED) is 0.720. The SMILES string of the molecule is CCc1cccc(-c2cc(NC(=O)[C@H]3CNC(=O)C3)nn2-c2ccccc2)c1. The van der Waals surface area contributed by atoms with Crippen molar-refractivity contribution in [2.75, 3.05) is 11.9 Å². The van der Waals surface area contributed by atoms with Gasteiger partial charge in [0.25, 0.3) is 0 Å². The molecule has 0 aliphatic carbocycles. The van der Waals surface area contributed by atoms with Crippen LogP contribution in [-0.2, 0) is 16.0 Å². The van der Waals surface area contributed by atoms with Gasteiger partial charge in [-0.1, -0.05) is 43.3 Å². The number of rotatable bonds is 5. The van der Waals surface area contributed by atoms with E-state index in [2.05, 4.69) is 34.8 Å². The zero-order valence-corrected chi connectivity index (χ0v) is 15.7. The van der Waals surface area contributed by atoms with Gasteiger partial charge in [-0.05, 0) is 30.2 Å². The van der Waals surface area contributed by atoms with Crippen LogP contribution in [0.25, 0.3) is 16.9 Å². The largest absolute Gasteiger partial charge is 0.355 e. The number of carbonyl (C=O) groups excluding carboxylic acids is 2. The number of aromatic nitrogens is 2. The van der Waals surface area contributed by atoms with Crippen molar-refractivity contribution < 1.29 is 9.59 Å². The lowest BCUT2D eigenvalue weighted by Crippen LogP contribution is -2.24. The Hall–Kier alpha value is -3.41. The molecular weight excluding hydrogens is 352 g/mol. The van der Waals surface area contributed by atoms with Gasteiger partial charge >= 0.3 is 0 Å². The van der Waals surface area contributed by atoms with E-state index in [-0.39, 0.29) is 24.2 Å². The molecule has 0 saturated carbocycles. The van der Waals surface area contributed by atoms with Crippen LogP contribution < -0.4 is 10.6 Å². The number of hydrogen-bond donors (Lipinski definition) is 2. The molecule has 1 aromatic heterocycles. The molecule has 2 aromatic carbocycles. The van der Waals surface area contributed by atoms with Crippen molar-refractivity contribution in [1.29, 1.82) is 0 Å². The number of aryl methyl sites for hydroxylation is 1. The zero-order chi connectivity index (χ0) is 19.5. The van der Waals surface area contributed by atoms with Crippen LogP contribution in [0, 0.1) is 5.92 Å². The van der Waals surface area contributed by atoms with Crippen LogP contribution in [0.2, 0.25) is 0 Å². The highest BCUT2D eigenvalue weighted by Crippen LogP contribution is 2.27. The molecule has 1 fully saturated rings. The van der Waals surface area contributed by atoms with Crippen molar-refractivity contribution >= 4 is 17.6 Å². The Bertz CT molecular complexity index is 1010. The molecule has 1 aliphatic rings. The van der Waals surface area contributed by atoms with Gasteiger partial charge in [0.15, 0.2) is 5.82 Å². The second-order valence-corrected chi connectivity index (χ2v) is 6.91. The van der Waals surface area contributed by atoms with Gasteiger partial charge in [-0.15, -0.1) is 5.10 Å². The van der Waals surface area contributed by atoms with E-state index in [1.165, 1.54) is 5.56 Å². The Labute approximate surface area is 163 Å². The first-order chi connectivity index (χ1) is 13.6. The molecule has 4 rings (SSSR count).